The Labute approximate surface area is 128 Å². The summed E-state index contributed by atoms with van der Waals surface area (Å²) in [4.78, 5) is 0.531. The number of hydrogen-bond acceptors (Lipinski definition) is 4. The second-order valence-electron chi connectivity index (χ2n) is 3.50. The molecule has 0 saturated heterocycles. The molecule has 0 unspecified atom stereocenters. The van der Waals surface area contributed by atoms with E-state index in [1.54, 1.807) is 0 Å². The van der Waals surface area contributed by atoms with Crippen LogP contribution in [0.15, 0.2) is 17.0 Å². The van der Waals surface area contributed by atoms with Gasteiger partial charge < -0.3 is 15.2 Å². The zero-order chi connectivity index (χ0) is 17.7. The highest BCUT2D eigenvalue weighted by atomic mass is 35.5. The van der Waals surface area contributed by atoms with Gasteiger partial charge in [-0.3, -0.25) is 0 Å². The van der Waals surface area contributed by atoms with Gasteiger partial charge in [0.05, 0.1) is 27.2 Å². The van der Waals surface area contributed by atoms with E-state index in [1.165, 1.54) is 23.9 Å². The van der Waals surface area contributed by atoms with Crippen molar-refractivity contribution >= 4 is 24.2 Å². The van der Waals surface area contributed by atoms with E-state index in [-0.39, 0.29) is 30.5 Å². The van der Waals surface area contributed by atoms with Crippen LogP contribution in [-0.2, 0) is 6.42 Å². The molecule has 0 amide bonds. The third-order valence-electron chi connectivity index (χ3n) is 2.22. The molecule has 0 aromatic heterocycles. The van der Waals surface area contributed by atoms with Gasteiger partial charge in [-0.05, 0) is 42.8 Å². The number of ether oxygens (including phenoxy) is 2. The van der Waals surface area contributed by atoms with Gasteiger partial charge in [0.25, 0.3) is 0 Å². The number of benzene rings is 1. The minimum Gasteiger partial charge on any atom is -0.496 e. The molecule has 0 heterocycles. The second kappa shape index (κ2) is 9.36. The standard InChI is InChI=1S/C13H21NO2S.ClH/c1-4-7-17-13-9-11(15-2)10(5-6-14)8-12(13)16-3;/h8-9H,4-7,14H2,1-3H3;1H/i2D3,3D3;. The number of nitrogens with two attached hydrogens (primary N) is 1. The van der Waals surface area contributed by atoms with E-state index in [0.29, 0.717) is 16.9 Å². The van der Waals surface area contributed by atoms with E-state index < -0.39 is 14.1 Å². The highest BCUT2D eigenvalue weighted by Crippen LogP contribution is 2.36. The monoisotopic (exact) mass is 297 g/mol. The van der Waals surface area contributed by atoms with Crippen LogP contribution in [0.4, 0.5) is 0 Å². The van der Waals surface area contributed by atoms with Crippen molar-refractivity contribution in [2.75, 3.05) is 26.4 Å². The quantitative estimate of drug-likeness (QED) is 0.785. The van der Waals surface area contributed by atoms with E-state index in [0.717, 1.165) is 12.2 Å². The predicted molar refractivity (Wildman–Crippen MR) is 80.6 cm³/mol. The Morgan fingerprint density at radius 2 is 2.00 bits per heavy atom. The van der Waals surface area contributed by atoms with E-state index in [4.69, 9.17) is 23.4 Å². The molecule has 3 nitrogen and oxygen atoms in total. The van der Waals surface area contributed by atoms with Crippen LogP contribution in [0.25, 0.3) is 0 Å². The zero-order valence-electron chi connectivity index (χ0n) is 16.2. The fraction of sp³-hybridized carbons (Fsp3) is 0.538. The van der Waals surface area contributed by atoms with Gasteiger partial charge in [0, 0.05) is 0 Å². The molecule has 0 fully saturated rings. The Morgan fingerprint density at radius 1 is 1.28 bits per heavy atom. The van der Waals surface area contributed by atoms with Gasteiger partial charge in [-0.2, -0.15) is 0 Å². The molecule has 0 atom stereocenters. The Morgan fingerprint density at radius 3 is 2.61 bits per heavy atom. The van der Waals surface area contributed by atoms with E-state index in [2.05, 4.69) is 0 Å². The summed E-state index contributed by atoms with van der Waals surface area (Å²) in [5.74, 6) is 1.09. The minimum atomic E-state index is -2.59. The van der Waals surface area contributed by atoms with Gasteiger partial charge in [0.2, 0.25) is 0 Å². The summed E-state index contributed by atoms with van der Waals surface area (Å²) in [6.45, 7) is 2.26. The third kappa shape index (κ3) is 4.59. The molecular formula is C13H22ClNO2S. The average molecular weight is 298 g/mol. The van der Waals surface area contributed by atoms with E-state index in [9.17, 15) is 0 Å². The Hall–Kier alpha value is -0.580. The maximum absolute atomic E-state index is 7.27. The summed E-state index contributed by atoms with van der Waals surface area (Å²) in [7, 11) is -5.18. The Balaban J connectivity index is 0.00000529. The lowest BCUT2D eigenvalue weighted by Gasteiger charge is -2.14. The third-order valence-corrected chi connectivity index (χ3v) is 3.46. The molecule has 104 valence electrons. The molecule has 1 aromatic rings. The van der Waals surface area contributed by atoms with E-state index in [1.807, 2.05) is 6.92 Å². The molecule has 18 heavy (non-hydrogen) atoms. The van der Waals surface area contributed by atoms with Crippen molar-refractivity contribution < 1.29 is 17.7 Å². The molecule has 5 heteroatoms. The molecule has 1 rings (SSSR count). The van der Waals surface area contributed by atoms with Crippen molar-refractivity contribution in [1.82, 2.24) is 0 Å². The molecule has 0 bridgehead atoms. The van der Waals surface area contributed by atoms with Crippen LogP contribution in [0.3, 0.4) is 0 Å². The first-order valence-electron chi connectivity index (χ1n) is 8.43. The van der Waals surface area contributed by atoms with Crippen LogP contribution < -0.4 is 15.2 Å². The van der Waals surface area contributed by atoms with Crippen molar-refractivity contribution in [3.05, 3.63) is 17.7 Å². The van der Waals surface area contributed by atoms with Crippen LogP contribution in [0.1, 0.15) is 27.1 Å². The number of methoxy groups -OCH3 is 2. The molecule has 0 spiro atoms. The Kier molecular flexibility index (Phi) is 4.86. The molecule has 0 saturated carbocycles. The molecular weight excluding hydrogens is 270 g/mol. The first-order chi connectivity index (χ1) is 10.6. The second-order valence-corrected chi connectivity index (χ2v) is 4.63. The lowest BCUT2D eigenvalue weighted by atomic mass is 10.1. The summed E-state index contributed by atoms with van der Waals surface area (Å²) in [6.07, 6.45) is 1.22. The fourth-order valence-corrected chi connectivity index (χ4v) is 2.29. The summed E-state index contributed by atoms with van der Waals surface area (Å²) in [5.41, 5.74) is 6.04. The predicted octanol–water partition coefficient (Wildman–Crippen LogP) is 3.13. The van der Waals surface area contributed by atoms with Crippen molar-refractivity contribution in [2.24, 2.45) is 5.73 Å². The highest BCUT2D eigenvalue weighted by molar-refractivity contribution is 7.99. The molecule has 0 aliphatic carbocycles. The number of rotatable bonds is 7. The Bertz CT molecular complexity index is 524. The molecule has 0 aliphatic heterocycles. The van der Waals surface area contributed by atoms with Crippen LogP contribution in [0.2, 0.25) is 0 Å². The van der Waals surface area contributed by atoms with Gasteiger partial charge >= 0.3 is 0 Å². The summed E-state index contributed by atoms with van der Waals surface area (Å²) >= 11 is 1.38. The molecule has 1 aromatic carbocycles. The molecule has 2 N–H and O–H groups in total. The van der Waals surface area contributed by atoms with Crippen LogP contribution in [0.5, 0.6) is 11.5 Å². The number of halogens is 1. The van der Waals surface area contributed by atoms with Gasteiger partial charge in [-0.15, -0.1) is 24.2 Å². The van der Waals surface area contributed by atoms with Gasteiger partial charge in [-0.25, -0.2) is 0 Å². The van der Waals surface area contributed by atoms with Crippen molar-refractivity contribution in [1.29, 1.82) is 0 Å². The van der Waals surface area contributed by atoms with Gasteiger partial charge in [-0.1, -0.05) is 6.92 Å². The van der Waals surface area contributed by atoms with Crippen molar-refractivity contribution in [3.8, 4) is 11.5 Å². The minimum absolute atomic E-state index is 0. The summed E-state index contributed by atoms with van der Waals surface area (Å²) < 4.78 is 53.6. The largest absolute Gasteiger partial charge is 0.496 e. The first-order valence-corrected chi connectivity index (χ1v) is 6.42. The molecule has 0 radical (unpaired) electrons. The number of thioether (sulfide) groups is 1. The van der Waals surface area contributed by atoms with E-state index >= 15 is 0 Å². The summed E-state index contributed by atoms with van der Waals surface area (Å²) in [6, 6.07) is 3.01. The lowest BCUT2D eigenvalue weighted by Crippen LogP contribution is -2.05. The zero-order valence-corrected chi connectivity index (χ0v) is 11.8. The highest BCUT2D eigenvalue weighted by Gasteiger charge is 2.10. The van der Waals surface area contributed by atoms with Crippen LogP contribution >= 0.6 is 24.2 Å². The molecule has 0 aliphatic rings. The fourth-order valence-electron chi connectivity index (χ4n) is 1.43. The first kappa shape index (κ1) is 9.34. The average Bonchev–Trinajstić information content (AvgIpc) is 2.37. The van der Waals surface area contributed by atoms with Crippen LogP contribution in [-0.4, -0.2) is 26.4 Å². The maximum atomic E-state index is 7.27. The van der Waals surface area contributed by atoms with Crippen LogP contribution in [0, 0.1) is 0 Å². The van der Waals surface area contributed by atoms with Crippen molar-refractivity contribution in [2.45, 2.75) is 24.7 Å². The van der Waals surface area contributed by atoms with Gasteiger partial charge in [0.15, 0.2) is 0 Å². The maximum Gasteiger partial charge on any atom is 0.132 e. The lowest BCUT2D eigenvalue weighted by molar-refractivity contribution is 0.390. The topological polar surface area (TPSA) is 44.5 Å². The summed E-state index contributed by atoms with van der Waals surface area (Å²) in [5, 5.41) is 0. The number of hydrogen-bond donors (Lipinski definition) is 1. The smallest absolute Gasteiger partial charge is 0.132 e. The van der Waals surface area contributed by atoms with Crippen molar-refractivity contribution in [3.63, 3.8) is 0 Å². The SMILES string of the molecule is Cl.[2H]C([2H])([2H])Oc1cc(SCCC)c(OC([2H])([2H])[2H])cc1CCN. The van der Waals surface area contributed by atoms with Gasteiger partial charge in [0.1, 0.15) is 11.5 Å². The normalized spacial score (nSPS) is 16.1.